The van der Waals surface area contributed by atoms with Crippen molar-refractivity contribution in [3.63, 3.8) is 0 Å². The topological polar surface area (TPSA) is 74.6 Å². The van der Waals surface area contributed by atoms with E-state index >= 15 is 0 Å². The molecule has 0 radical (unpaired) electrons. The van der Waals surface area contributed by atoms with Crippen LogP contribution in [-0.4, -0.2) is 16.1 Å². The van der Waals surface area contributed by atoms with Gasteiger partial charge in [0.05, 0.1) is 0 Å². The highest BCUT2D eigenvalue weighted by Crippen LogP contribution is 2.14. The van der Waals surface area contributed by atoms with Crippen LogP contribution in [0.3, 0.4) is 0 Å². The van der Waals surface area contributed by atoms with Crippen LogP contribution in [0.25, 0.3) is 0 Å². The lowest BCUT2D eigenvalue weighted by Gasteiger charge is -2.10. The van der Waals surface area contributed by atoms with Crippen LogP contribution in [0.5, 0.6) is 0 Å². The molecule has 0 aliphatic carbocycles. The quantitative estimate of drug-likeness (QED) is 0.496. The first-order valence-electron chi connectivity index (χ1n) is 3.17. The van der Waals surface area contributed by atoms with E-state index in [0.717, 1.165) is 12.7 Å². The Hall–Kier alpha value is -0.310. The second kappa shape index (κ2) is 6.40. The van der Waals surface area contributed by atoms with E-state index in [1.807, 2.05) is 20.8 Å². The molecule has 0 heterocycles. The number of aldehydes is 1. The molecule has 0 atom stereocenters. The molecular formula is C6H14O4P+. The van der Waals surface area contributed by atoms with Crippen molar-refractivity contribution < 1.29 is 19.1 Å². The summed E-state index contributed by atoms with van der Waals surface area (Å²) in [6, 6.07) is 0. The molecule has 0 rings (SSSR count). The Morgan fingerprint density at radius 3 is 1.73 bits per heavy atom. The summed E-state index contributed by atoms with van der Waals surface area (Å²) in [5.74, 6) is 0. The molecule has 0 bridgehead atoms. The van der Waals surface area contributed by atoms with Crippen molar-refractivity contribution in [2.75, 3.05) is 0 Å². The fourth-order valence-corrected chi connectivity index (χ4v) is 0.0833. The lowest BCUT2D eigenvalue weighted by Crippen LogP contribution is -2.09. The summed E-state index contributed by atoms with van der Waals surface area (Å²) >= 11 is 0. The molecule has 0 aromatic rings. The zero-order chi connectivity index (χ0) is 9.49. The Morgan fingerprint density at radius 1 is 1.45 bits per heavy atom. The second-order valence-corrected chi connectivity index (χ2v) is 3.22. The van der Waals surface area contributed by atoms with Crippen LogP contribution in [0, 0.1) is 5.41 Å². The highest BCUT2D eigenvalue weighted by Gasteiger charge is 2.11. The first-order valence-corrected chi connectivity index (χ1v) is 4.33. The van der Waals surface area contributed by atoms with E-state index in [0.29, 0.717) is 0 Å². The molecule has 66 valence electrons. The summed E-state index contributed by atoms with van der Waals surface area (Å²) in [4.78, 5) is 24.3. The van der Waals surface area contributed by atoms with Crippen LogP contribution in [0.15, 0.2) is 0 Å². The predicted octanol–water partition coefficient (Wildman–Crippen LogP) is 1.25. The maximum Gasteiger partial charge on any atom is 0.692 e. The number of hydrogen-bond acceptors (Lipinski definition) is 2. The number of hydrogen-bond donors (Lipinski definition) is 2. The summed E-state index contributed by atoms with van der Waals surface area (Å²) in [5.41, 5.74) is -0.0972. The van der Waals surface area contributed by atoms with Gasteiger partial charge in [-0.3, -0.25) is 0 Å². The average molecular weight is 181 g/mol. The number of carbonyl (C=O) groups excluding carboxylic acids is 1. The van der Waals surface area contributed by atoms with E-state index in [-0.39, 0.29) is 5.41 Å². The summed E-state index contributed by atoms with van der Waals surface area (Å²) in [6.45, 7) is 5.87. The van der Waals surface area contributed by atoms with Gasteiger partial charge < -0.3 is 4.79 Å². The Balaban J connectivity index is 0. The Bertz CT molecular complexity index is 129. The van der Waals surface area contributed by atoms with Crippen molar-refractivity contribution in [1.82, 2.24) is 0 Å². The van der Waals surface area contributed by atoms with Crippen LogP contribution >= 0.6 is 8.25 Å². The molecule has 0 amide bonds. The van der Waals surface area contributed by atoms with E-state index in [1.54, 1.807) is 0 Å². The summed E-state index contributed by atoms with van der Waals surface area (Å²) in [6.07, 6.45) is 1.92. The van der Waals surface area contributed by atoms with Crippen LogP contribution in [0.1, 0.15) is 27.2 Å². The van der Waals surface area contributed by atoms with Gasteiger partial charge in [0.25, 0.3) is 0 Å². The van der Waals surface area contributed by atoms with Gasteiger partial charge in [0.1, 0.15) is 6.29 Å². The normalized spacial score (nSPS) is 9.55. The lowest BCUT2D eigenvalue weighted by molar-refractivity contribution is -0.114. The van der Waals surface area contributed by atoms with Crippen LogP contribution in [0.2, 0.25) is 0 Å². The zero-order valence-electron chi connectivity index (χ0n) is 6.94. The van der Waals surface area contributed by atoms with Crippen LogP contribution < -0.4 is 0 Å². The Morgan fingerprint density at radius 2 is 1.73 bits per heavy atom. The largest absolute Gasteiger partial charge is 0.692 e. The van der Waals surface area contributed by atoms with Crippen molar-refractivity contribution in [1.29, 1.82) is 0 Å². The molecule has 0 unspecified atom stereocenters. The summed E-state index contributed by atoms with van der Waals surface area (Å²) < 4.78 is 8.70. The molecule has 11 heavy (non-hydrogen) atoms. The molecule has 0 saturated heterocycles. The Kier molecular flexibility index (Phi) is 7.74. The van der Waals surface area contributed by atoms with Crippen molar-refractivity contribution in [2.24, 2.45) is 5.41 Å². The molecule has 0 fully saturated rings. The number of rotatable bonds is 2. The van der Waals surface area contributed by atoms with E-state index in [9.17, 15) is 4.79 Å². The summed E-state index contributed by atoms with van der Waals surface area (Å²) in [5, 5.41) is 0. The van der Waals surface area contributed by atoms with Crippen molar-refractivity contribution in [3.05, 3.63) is 0 Å². The number of carbonyl (C=O) groups is 1. The highest BCUT2D eigenvalue weighted by molar-refractivity contribution is 7.30. The fourth-order valence-electron chi connectivity index (χ4n) is 0.0833. The van der Waals surface area contributed by atoms with E-state index in [4.69, 9.17) is 14.4 Å². The van der Waals surface area contributed by atoms with E-state index in [1.165, 1.54) is 0 Å². The molecule has 0 aliphatic heterocycles. The van der Waals surface area contributed by atoms with Gasteiger partial charge in [-0.1, -0.05) is 20.8 Å². The van der Waals surface area contributed by atoms with Crippen molar-refractivity contribution in [2.45, 2.75) is 27.2 Å². The molecule has 0 saturated carbocycles. The fraction of sp³-hybridized carbons (Fsp3) is 0.833. The van der Waals surface area contributed by atoms with Crippen LogP contribution in [0.4, 0.5) is 0 Å². The minimum atomic E-state index is -2.87. The smallest absolute Gasteiger partial charge is 0.303 e. The minimum absolute atomic E-state index is 0.0972. The van der Waals surface area contributed by atoms with Crippen molar-refractivity contribution in [3.8, 4) is 0 Å². The van der Waals surface area contributed by atoms with E-state index in [2.05, 4.69) is 0 Å². The van der Waals surface area contributed by atoms with Gasteiger partial charge in [-0.05, 0) is 6.42 Å². The maximum absolute atomic E-state index is 10.1. The average Bonchev–Trinajstić information content (AvgIpc) is 1.87. The predicted molar refractivity (Wildman–Crippen MR) is 42.2 cm³/mol. The van der Waals surface area contributed by atoms with E-state index < -0.39 is 8.25 Å². The molecule has 0 aliphatic rings. The van der Waals surface area contributed by atoms with Gasteiger partial charge in [0.15, 0.2) is 0 Å². The minimum Gasteiger partial charge on any atom is -0.303 e. The van der Waals surface area contributed by atoms with Gasteiger partial charge in [0.2, 0.25) is 0 Å². The van der Waals surface area contributed by atoms with Gasteiger partial charge >= 0.3 is 8.25 Å². The van der Waals surface area contributed by atoms with Gasteiger partial charge in [0, 0.05) is 9.98 Å². The lowest BCUT2D eigenvalue weighted by atomic mass is 9.93. The first-order chi connectivity index (χ1) is 4.85. The first kappa shape index (κ1) is 13.3. The third-order valence-corrected chi connectivity index (χ3v) is 1.23. The third kappa shape index (κ3) is 17.7. The SMILES string of the molecule is CCC(C)(C)C=O.O=[P+](O)O. The van der Waals surface area contributed by atoms with Gasteiger partial charge in [-0.2, -0.15) is 0 Å². The van der Waals surface area contributed by atoms with Crippen molar-refractivity contribution >= 4 is 14.5 Å². The molecule has 4 nitrogen and oxygen atoms in total. The summed E-state index contributed by atoms with van der Waals surface area (Å²) in [7, 11) is -2.87. The monoisotopic (exact) mass is 181 g/mol. The zero-order valence-corrected chi connectivity index (χ0v) is 7.84. The molecule has 0 aromatic heterocycles. The van der Waals surface area contributed by atoms with Crippen LogP contribution in [-0.2, 0) is 9.36 Å². The maximum atomic E-state index is 10.1. The highest BCUT2D eigenvalue weighted by atomic mass is 31.1. The van der Waals surface area contributed by atoms with Gasteiger partial charge in [-0.15, -0.1) is 9.79 Å². The molecule has 2 N–H and O–H groups in total. The standard InChI is InChI=1S/C6H12O.HO3P/c1-4-6(2,3)5-7;1-4(2)3/h5H,4H2,1-3H3;(H-,1,2,3)/p+1. The second-order valence-electron chi connectivity index (χ2n) is 2.71. The van der Waals surface area contributed by atoms with Gasteiger partial charge in [-0.25, -0.2) is 0 Å². The third-order valence-electron chi connectivity index (χ3n) is 1.23. The molecule has 0 spiro atoms. The molecule has 0 aromatic carbocycles. The Labute approximate surface area is 67.2 Å². The molecule has 5 heteroatoms. The molecular weight excluding hydrogens is 167 g/mol.